The quantitative estimate of drug-likeness (QED) is 0.668. The van der Waals surface area contributed by atoms with Crippen LogP contribution in [0.1, 0.15) is 15.9 Å². The molecule has 0 aromatic heterocycles. The van der Waals surface area contributed by atoms with E-state index < -0.39 is 17.6 Å². The van der Waals surface area contributed by atoms with Crippen LogP contribution in [0.25, 0.3) is 0 Å². The molecule has 0 saturated heterocycles. The molecule has 0 aliphatic carbocycles. The minimum absolute atomic E-state index is 0.0235. The van der Waals surface area contributed by atoms with Gasteiger partial charge in [-0.3, -0.25) is 0 Å². The molecule has 0 fully saturated rings. The third kappa shape index (κ3) is 3.03. The first-order valence-corrected chi connectivity index (χ1v) is 5.73. The topological polar surface area (TPSA) is 78.3 Å². The van der Waals surface area contributed by atoms with E-state index in [4.69, 9.17) is 16.2 Å². The molecule has 4 N–H and O–H groups in total. The molecule has 2 aromatic rings. The van der Waals surface area contributed by atoms with Crippen LogP contribution < -0.4 is 11.5 Å². The highest BCUT2D eigenvalue weighted by Gasteiger charge is 2.10. The van der Waals surface area contributed by atoms with E-state index in [2.05, 4.69) is 0 Å². The van der Waals surface area contributed by atoms with Crippen LogP contribution in [-0.4, -0.2) is 5.97 Å². The number of esters is 1. The molecule has 0 amide bonds. The molecule has 20 heavy (non-hydrogen) atoms. The van der Waals surface area contributed by atoms with E-state index in [1.54, 1.807) is 0 Å². The number of carbonyl (C=O) groups excluding carboxylic acids is 1. The van der Waals surface area contributed by atoms with Crippen LogP contribution in [0.5, 0.6) is 0 Å². The van der Waals surface area contributed by atoms with Gasteiger partial charge in [-0.2, -0.15) is 0 Å². The van der Waals surface area contributed by atoms with Gasteiger partial charge in [-0.05, 0) is 35.9 Å². The third-order valence-electron chi connectivity index (χ3n) is 2.66. The number of rotatable bonds is 3. The van der Waals surface area contributed by atoms with E-state index in [1.807, 2.05) is 0 Å². The van der Waals surface area contributed by atoms with Crippen molar-refractivity contribution >= 4 is 17.3 Å². The Morgan fingerprint density at radius 2 is 1.60 bits per heavy atom. The fraction of sp³-hybridized carbons (Fsp3) is 0.0714. The molecular formula is C14H12F2N2O2. The molecule has 0 saturated carbocycles. The van der Waals surface area contributed by atoms with Crippen LogP contribution in [0.4, 0.5) is 20.2 Å². The average molecular weight is 278 g/mol. The number of ether oxygens (including phenoxy) is 1. The molecule has 0 bridgehead atoms. The summed E-state index contributed by atoms with van der Waals surface area (Å²) in [5, 5.41) is 0. The van der Waals surface area contributed by atoms with Crippen LogP contribution >= 0.6 is 0 Å². The molecule has 0 spiro atoms. The van der Waals surface area contributed by atoms with Crippen molar-refractivity contribution in [3.63, 3.8) is 0 Å². The molecule has 2 aromatic carbocycles. The van der Waals surface area contributed by atoms with Crippen LogP contribution in [0.3, 0.4) is 0 Å². The lowest BCUT2D eigenvalue weighted by atomic mass is 10.2. The maximum absolute atomic E-state index is 13.0. The van der Waals surface area contributed by atoms with Gasteiger partial charge >= 0.3 is 5.97 Å². The number of hydrogen-bond acceptors (Lipinski definition) is 4. The molecule has 0 unspecified atom stereocenters. The summed E-state index contributed by atoms with van der Waals surface area (Å²) in [6.45, 7) is -0.0689. The van der Waals surface area contributed by atoms with Gasteiger partial charge in [0.1, 0.15) is 18.2 Å². The number of nitrogens with two attached hydrogens (primary N) is 2. The Kier molecular flexibility index (Phi) is 3.84. The molecule has 4 nitrogen and oxygen atoms in total. The van der Waals surface area contributed by atoms with Crippen LogP contribution in [0.2, 0.25) is 0 Å². The van der Waals surface area contributed by atoms with Gasteiger partial charge in [0.2, 0.25) is 0 Å². The Morgan fingerprint density at radius 1 is 1.00 bits per heavy atom. The standard InChI is InChI=1S/C14H12F2N2O2/c15-10-3-1-8(5-12(10)17)7-20-14(19)9-2-4-11(16)13(18)6-9/h1-6H,7,17-18H2. The van der Waals surface area contributed by atoms with Crippen molar-refractivity contribution < 1.29 is 18.3 Å². The third-order valence-corrected chi connectivity index (χ3v) is 2.66. The SMILES string of the molecule is Nc1cc(COC(=O)c2ccc(F)c(N)c2)ccc1F. The molecule has 0 heterocycles. The van der Waals surface area contributed by atoms with Crippen molar-refractivity contribution in [3.8, 4) is 0 Å². The Hall–Kier alpha value is -2.63. The number of nitrogen functional groups attached to an aromatic ring is 2. The number of carbonyl (C=O) groups is 1. The summed E-state index contributed by atoms with van der Waals surface area (Å²) in [5.74, 6) is -1.79. The van der Waals surface area contributed by atoms with E-state index in [0.29, 0.717) is 5.56 Å². The van der Waals surface area contributed by atoms with Gasteiger partial charge in [0.05, 0.1) is 16.9 Å². The summed E-state index contributed by atoms with van der Waals surface area (Å²) >= 11 is 0. The van der Waals surface area contributed by atoms with Crippen molar-refractivity contribution in [2.45, 2.75) is 6.61 Å². The lowest BCUT2D eigenvalue weighted by Gasteiger charge is -2.07. The maximum Gasteiger partial charge on any atom is 0.338 e. The van der Waals surface area contributed by atoms with Gasteiger partial charge < -0.3 is 16.2 Å². The second-order valence-corrected chi connectivity index (χ2v) is 4.17. The van der Waals surface area contributed by atoms with Crippen molar-refractivity contribution in [2.24, 2.45) is 0 Å². The minimum Gasteiger partial charge on any atom is -0.457 e. The monoisotopic (exact) mass is 278 g/mol. The highest BCUT2D eigenvalue weighted by molar-refractivity contribution is 5.90. The molecule has 0 aliphatic rings. The zero-order valence-electron chi connectivity index (χ0n) is 10.4. The zero-order valence-corrected chi connectivity index (χ0v) is 10.4. The highest BCUT2D eigenvalue weighted by Crippen LogP contribution is 2.16. The van der Waals surface area contributed by atoms with E-state index in [9.17, 15) is 13.6 Å². The summed E-state index contributed by atoms with van der Waals surface area (Å²) in [7, 11) is 0. The summed E-state index contributed by atoms with van der Waals surface area (Å²) in [5.41, 5.74) is 11.3. The van der Waals surface area contributed by atoms with Crippen LogP contribution in [-0.2, 0) is 11.3 Å². The van der Waals surface area contributed by atoms with Crippen molar-refractivity contribution in [3.05, 3.63) is 59.2 Å². The van der Waals surface area contributed by atoms with E-state index >= 15 is 0 Å². The fourth-order valence-electron chi connectivity index (χ4n) is 1.59. The van der Waals surface area contributed by atoms with Crippen molar-refractivity contribution in [1.29, 1.82) is 0 Å². The van der Waals surface area contributed by atoms with E-state index in [-0.39, 0.29) is 23.5 Å². The predicted octanol–water partition coefficient (Wildman–Crippen LogP) is 2.49. The Labute approximate surface area is 114 Å². The molecule has 0 aliphatic heterocycles. The van der Waals surface area contributed by atoms with Crippen molar-refractivity contribution in [1.82, 2.24) is 0 Å². The Bertz CT molecular complexity index is 660. The first-order chi connectivity index (χ1) is 9.47. The average Bonchev–Trinajstić information content (AvgIpc) is 2.43. The van der Waals surface area contributed by atoms with Gasteiger partial charge in [0, 0.05) is 0 Å². The van der Waals surface area contributed by atoms with E-state index in [0.717, 1.165) is 6.07 Å². The van der Waals surface area contributed by atoms with E-state index in [1.165, 1.54) is 30.3 Å². The van der Waals surface area contributed by atoms with Gasteiger partial charge in [-0.25, -0.2) is 13.6 Å². The maximum atomic E-state index is 13.0. The number of benzene rings is 2. The first-order valence-electron chi connectivity index (χ1n) is 5.73. The Balaban J connectivity index is 2.04. The van der Waals surface area contributed by atoms with Gasteiger partial charge in [-0.1, -0.05) is 6.07 Å². The van der Waals surface area contributed by atoms with Crippen LogP contribution in [0.15, 0.2) is 36.4 Å². The molecule has 6 heteroatoms. The van der Waals surface area contributed by atoms with Crippen molar-refractivity contribution in [2.75, 3.05) is 11.5 Å². The van der Waals surface area contributed by atoms with Crippen LogP contribution in [0, 0.1) is 11.6 Å². The predicted molar refractivity (Wildman–Crippen MR) is 70.7 cm³/mol. The molecule has 2 rings (SSSR count). The number of hydrogen-bond donors (Lipinski definition) is 2. The summed E-state index contributed by atoms with van der Waals surface area (Å²) in [6.07, 6.45) is 0. The molecule has 0 atom stereocenters. The second-order valence-electron chi connectivity index (χ2n) is 4.17. The second kappa shape index (κ2) is 5.56. The zero-order chi connectivity index (χ0) is 14.7. The largest absolute Gasteiger partial charge is 0.457 e. The first kappa shape index (κ1) is 13.8. The lowest BCUT2D eigenvalue weighted by Crippen LogP contribution is -2.07. The highest BCUT2D eigenvalue weighted by atomic mass is 19.1. The lowest BCUT2D eigenvalue weighted by molar-refractivity contribution is 0.0472. The normalized spacial score (nSPS) is 10.3. The smallest absolute Gasteiger partial charge is 0.338 e. The van der Waals surface area contributed by atoms with Gasteiger partial charge in [-0.15, -0.1) is 0 Å². The molecule has 104 valence electrons. The summed E-state index contributed by atoms with van der Waals surface area (Å²) in [4.78, 5) is 11.7. The fourth-order valence-corrected chi connectivity index (χ4v) is 1.59. The molecular weight excluding hydrogens is 266 g/mol. The minimum atomic E-state index is -0.653. The number of anilines is 2. The molecule has 0 radical (unpaired) electrons. The Morgan fingerprint density at radius 3 is 2.20 bits per heavy atom. The van der Waals surface area contributed by atoms with Gasteiger partial charge in [0.15, 0.2) is 0 Å². The van der Waals surface area contributed by atoms with Gasteiger partial charge in [0.25, 0.3) is 0 Å². The summed E-state index contributed by atoms with van der Waals surface area (Å²) in [6, 6.07) is 7.57. The summed E-state index contributed by atoms with van der Waals surface area (Å²) < 4.78 is 30.9. The number of halogens is 2.